The fourth-order valence-electron chi connectivity index (χ4n) is 3.10. The van der Waals surface area contributed by atoms with Gasteiger partial charge in [-0.05, 0) is 37.1 Å². The molecule has 126 valence electrons. The number of carbonyl (C=O) groups is 1. The van der Waals surface area contributed by atoms with Crippen LogP contribution >= 0.6 is 11.6 Å². The number of nitrogens with zero attached hydrogens (tertiary/aromatic N) is 3. The SMILES string of the molecule is O=C(c1ccc(Cl)cc1)N1CCCC1c1nc(-c2ccccc2)no1. The van der Waals surface area contributed by atoms with Crippen LogP contribution in [0.5, 0.6) is 0 Å². The Kier molecular flexibility index (Phi) is 4.24. The molecular weight excluding hydrogens is 338 g/mol. The number of benzene rings is 2. The van der Waals surface area contributed by atoms with Gasteiger partial charge in [-0.2, -0.15) is 4.98 Å². The molecule has 0 spiro atoms. The second-order valence-electron chi connectivity index (χ2n) is 5.99. The van der Waals surface area contributed by atoms with Crippen LogP contribution in [0.3, 0.4) is 0 Å². The highest BCUT2D eigenvalue weighted by Gasteiger charge is 2.34. The van der Waals surface area contributed by atoms with Gasteiger partial charge in [0, 0.05) is 22.7 Å². The van der Waals surface area contributed by atoms with Crippen molar-refractivity contribution in [3.05, 3.63) is 71.1 Å². The molecule has 25 heavy (non-hydrogen) atoms. The third kappa shape index (κ3) is 3.15. The Hall–Kier alpha value is -2.66. The van der Waals surface area contributed by atoms with Crippen LogP contribution < -0.4 is 0 Å². The monoisotopic (exact) mass is 353 g/mol. The minimum Gasteiger partial charge on any atom is -0.337 e. The number of likely N-dealkylation sites (tertiary alicyclic amines) is 1. The van der Waals surface area contributed by atoms with E-state index in [1.165, 1.54) is 0 Å². The van der Waals surface area contributed by atoms with Crippen molar-refractivity contribution in [3.63, 3.8) is 0 Å². The van der Waals surface area contributed by atoms with Gasteiger partial charge < -0.3 is 9.42 Å². The van der Waals surface area contributed by atoms with Crippen molar-refractivity contribution in [2.45, 2.75) is 18.9 Å². The van der Waals surface area contributed by atoms with Crippen LogP contribution in [0, 0.1) is 0 Å². The van der Waals surface area contributed by atoms with Gasteiger partial charge in [0.05, 0.1) is 0 Å². The summed E-state index contributed by atoms with van der Waals surface area (Å²) in [5, 5.41) is 4.68. The summed E-state index contributed by atoms with van der Waals surface area (Å²) in [5.74, 6) is 0.985. The zero-order chi connectivity index (χ0) is 17.2. The van der Waals surface area contributed by atoms with E-state index >= 15 is 0 Å². The van der Waals surface area contributed by atoms with Gasteiger partial charge in [0.25, 0.3) is 5.91 Å². The molecule has 0 aliphatic carbocycles. The summed E-state index contributed by atoms with van der Waals surface area (Å²) in [7, 11) is 0. The molecule has 4 rings (SSSR count). The van der Waals surface area contributed by atoms with Gasteiger partial charge in [-0.25, -0.2) is 0 Å². The molecule has 1 atom stereocenters. The maximum Gasteiger partial charge on any atom is 0.254 e. The number of amides is 1. The third-order valence-corrected chi connectivity index (χ3v) is 4.62. The first-order valence-corrected chi connectivity index (χ1v) is 8.56. The first-order valence-electron chi connectivity index (χ1n) is 8.18. The summed E-state index contributed by atoms with van der Waals surface area (Å²) in [4.78, 5) is 19.1. The Labute approximate surface area is 150 Å². The molecule has 0 N–H and O–H groups in total. The summed E-state index contributed by atoms with van der Waals surface area (Å²) in [6.45, 7) is 0.676. The van der Waals surface area contributed by atoms with Crippen LogP contribution in [0.1, 0.15) is 35.1 Å². The van der Waals surface area contributed by atoms with Crippen LogP contribution in [0.4, 0.5) is 0 Å². The summed E-state index contributed by atoms with van der Waals surface area (Å²) in [6.07, 6.45) is 1.72. The maximum atomic E-state index is 12.8. The van der Waals surface area contributed by atoms with E-state index in [2.05, 4.69) is 10.1 Å². The summed E-state index contributed by atoms with van der Waals surface area (Å²) in [6, 6.07) is 16.4. The highest BCUT2D eigenvalue weighted by Crippen LogP contribution is 2.33. The Bertz CT molecular complexity index is 877. The van der Waals surface area contributed by atoms with Gasteiger partial charge in [-0.15, -0.1) is 0 Å². The van der Waals surface area contributed by atoms with Gasteiger partial charge in [-0.3, -0.25) is 4.79 Å². The molecule has 2 aromatic carbocycles. The molecule has 1 aliphatic rings. The largest absolute Gasteiger partial charge is 0.337 e. The molecule has 1 unspecified atom stereocenters. The molecule has 1 aromatic heterocycles. The zero-order valence-corrected chi connectivity index (χ0v) is 14.2. The molecule has 6 heteroatoms. The maximum absolute atomic E-state index is 12.8. The standard InChI is InChI=1S/C19H16ClN3O2/c20-15-10-8-14(9-11-15)19(24)23-12-4-7-16(23)18-21-17(22-25-18)13-5-2-1-3-6-13/h1-3,5-6,8-11,16H,4,7,12H2. The van der Waals surface area contributed by atoms with Crippen LogP contribution in [-0.2, 0) is 0 Å². The van der Waals surface area contributed by atoms with E-state index in [0.717, 1.165) is 18.4 Å². The molecule has 1 amide bonds. The first kappa shape index (κ1) is 15.8. The van der Waals surface area contributed by atoms with Crippen molar-refractivity contribution >= 4 is 17.5 Å². The average molecular weight is 354 g/mol. The average Bonchev–Trinajstić information content (AvgIpc) is 3.32. The van der Waals surface area contributed by atoms with Gasteiger partial charge in [0.15, 0.2) is 0 Å². The van der Waals surface area contributed by atoms with Gasteiger partial charge >= 0.3 is 0 Å². The van der Waals surface area contributed by atoms with Crippen molar-refractivity contribution in [3.8, 4) is 11.4 Å². The van der Waals surface area contributed by atoms with E-state index in [4.69, 9.17) is 16.1 Å². The Morgan fingerprint density at radius 1 is 1.12 bits per heavy atom. The molecule has 3 aromatic rings. The van der Waals surface area contributed by atoms with Crippen LogP contribution in [-0.4, -0.2) is 27.5 Å². The molecule has 1 fully saturated rings. The minimum atomic E-state index is -0.187. The zero-order valence-electron chi connectivity index (χ0n) is 13.4. The van der Waals surface area contributed by atoms with Crippen LogP contribution in [0.25, 0.3) is 11.4 Å². The fraction of sp³-hybridized carbons (Fsp3) is 0.211. The summed E-state index contributed by atoms with van der Waals surface area (Å²) < 4.78 is 5.46. The van der Waals surface area contributed by atoms with Crippen molar-refractivity contribution in [1.29, 1.82) is 0 Å². The van der Waals surface area contributed by atoms with E-state index in [1.54, 1.807) is 29.2 Å². The number of carbonyl (C=O) groups excluding carboxylic acids is 1. The molecule has 1 aliphatic heterocycles. The molecule has 1 saturated heterocycles. The molecular formula is C19H16ClN3O2. The molecule has 2 heterocycles. The van der Waals surface area contributed by atoms with Crippen LogP contribution in [0.15, 0.2) is 59.1 Å². The molecule has 0 bridgehead atoms. The molecule has 0 radical (unpaired) electrons. The lowest BCUT2D eigenvalue weighted by molar-refractivity contribution is 0.0710. The number of rotatable bonds is 3. The Balaban J connectivity index is 1.58. The molecule has 5 nitrogen and oxygen atoms in total. The molecule has 0 saturated carbocycles. The smallest absolute Gasteiger partial charge is 0.254 e. The highest BCUT2D eigenvalue weighted by atomic mass is 35.5. The van der Waals surface area contributed by atoms with E-state index < -0.39 is 0 Å². The van der Waals surface area contributed by atoms with E-state index in [1.807, 2.05) is 30.3 Å². The van der Waals surface area contributed by atoms with E-state index in [-0.39, 0.29) is 11.9 Å². The second kappa shape index (κ2) is 6.69. The van der Waals surface area contributed by atoms with Crippen molar-refractivity contribution in [1.82, 2.24) is 15.0 Å². The second-order valence-corrected chi connectivity index (χ2v) is 6.42. The number of halogens is 1. The highest BCUT2D eigenvalue weighted by molar-refractivity contribution is 6.30. The Morgan fingerprint density at radius 2 is 1.88 bits per heavy atom. The third-order valence-electron chi connectivity index (χ3n) is 4.36. The lowest BCUT2D eigenvalue weighted by Gasteiger charge is -2.21. The topological polar surface area (TPSA) is 59.2 Å². The predicted molar refractivity (Wildman–Crippen MR) is 94.2 cm³/mol. The van der Waals surface area contributed by atoms with Crippen molar-refractivity contribution in [2.24, 2.45) is 0 Å². The van der Waals surface area contributed by atoms with Crippen molar-refractivity contribution < 1.29 is 9.32 Å². The van der Waals surface area contributed by atoms with E-state index in [9.17, 15) is 4.79 Å². The quantitative estimate of drug-likeness (QED) is 0.701. The minimum absolute atomic E-state index is 0.0429. The van der Waals surface area contributed by atoms with E-state index in [0.29, 0.717) is 28.8 Å². The van der Waals surface area contributed by atoms with Gasteiger partial charge in [-0.1, -0.05) is 47.1 Å². The summed E-state index contributed by atoms with van der Waals surface area (Å²) in [5.41, 5.74) is 1.50. The fourth-order valence-corrected chi connectivity index (χ4v) is 3.23. The first-order chi connectivity index (χ1) is 12.2. The van der Waals surface area contributed by atoms with Crippen LogP contribution in [0.2, 0.25) is 5.02 Å². The number of hydrogen-bond donors (Lipinski definition) is 0. The predicted octanol–water partition coefficient (Wildman–Crippen LogP) is 4.37. The van der Waals surface area contributed by atoms with Crippen molar-refractivity contribution in [2.75, 3.05) is 6.54 Å². The van der Waals surface area contributed by atoms with Gasteiger partial charge in [0.2, 0.25) is 11.7 Å². The van der Waals surface area contributed by atoms with Gasteiger partial charge in [0.1, 0.15) is 6.04 Å². The number of hydrogen-bond acceptors (Lipinski definition) is 4. The normalized spacial score (nSPS) is 17.0. The lowest BCUT2D eigenvalue weighted by atomic mass is 10.1. The number of aromatic nitrogens is 2. The lowest BCUT2D eigenvalue weighted by Crippen LogP contribution is -2.30. The Morgan fingerprint density at radius 3 is 2.64 bits per heavy atom. The summed E-state index contributed by atoms with van der Waals surface area (Å²) >= 11 is 5.90.